The smallest absolute Gasteiger partial charge is 0.259 e. The highest BCUT2D eigenvalue weighted by Gasteiger charge is 2.21. The van der Waals surface area contributed by atoms with Crippen LogP contribution < -0.4 is 10.9 Å². The van der Waals surface area contributed by atoms with E-state index in [-0.39, 0.29) is 17.2 Å². The van der Waals surface area contributed by atoms with Gasteiger partial charge in [0.05, 0.1) is 23.4 Å². The number of hydrogen-bond acceptors (Lipinski definition) is 7. The first-order chi connectivity index (χ1) is 13.0. The number of nitrogens with one attached hydrogen (secondary N) is 3. The third-order valence-electron chi connectivity index (χ3n) is 4.51. The van der Waals surface area contributed by atoms with E-state index in [1.54, 1.807) is 23.0 Å². The molecule has 3 N–H and O–H groups in total. The second kappa shape index (κ2) is 7.56. The first-order valence-electron chi connectivity index (χ1n) is 8.51. The largest absolute Gasteiger partial charge is 0.348 e. The van der Waals surface area contributed by atoms with Crippen molar-refractivity contribution in [2.24, 2.45) is 7.05 Å². The Bertz CT molecular complexity index is 1130. The van der Waals surface area contributed by atoms with Gasteiger partial charge < -0.3 is 14.9 Å². The van der Waals surface area contributed by atoms with Crippen LogP contribution >= 0.6 is 35.3 Å². The van der Waals surface area contributed by atoms with Gasteiger partial charge in [-0.15, -0.1) is 23.1 Å². The Kier molecular flexibility index (Phi) is 5.15. The quantitative estimate of drug-likeness (QED) is 0.523. The lowest BCUT2D eigenvalue weighted by Crippen LogP contribution is -2.26. The molecule has 3 heterocycles. The van der Waals surface area contributed by atoms with Crippen LogP contribution in [0.4, 0.5) is 0 Å². The standard InChI is InChI=1S/C16H18N6O2S3/c1-22-11(20-21-16(22)25)5-17-12(23)7-26-6-10-18-14(24)13-8-3-2-4-9(8)27-15(13)19-10/h2-7H2,1H3,(H,17,23)(H,21,25)(H,18,19,24). The molecule has 27 heavy (non-hydrogen) atoms. The van der Waals surface area contributed by atoms with Crippen molar-refractivity contribution in [2.75, 3.05) is 5.75 Å². The summed E-state index contributed by atoms with van der Waals surface area (Å²) in [6.07, 6.45) is 3.13. The van der Waals surface area contributed by atoms with Crippen LogP contribution in [0.1, 0.15) is 28.5 Å². The Morgan fingerprint density at radius 1 is 1.44 bits per heavy atom. The number of fused-ring (bicyclic) bond motifs is 3. The summed E-state index contributed by atoms with van der Waals surface area (Å²) in [6, 6.07) is 0. The number of thioether (sulfide) groups is 1. The Hall–Kier alpha value is -1.98. The van der Waals surface area contributed by atoms with Crippen molar-refractivity contribution >= 4 is 51.4 Å². The molecule has 0 saturated carbocycles. The van der Waals surface area contributed by atoms with Crippen molar-refractivity contribution in [1.29, 1.82) is 0 Å². The molecule has 1 amide bonds. The first kappa shape index (κ1) is 18.4. The predicted octanol–water partition coefficient (Wildman–Crippen LogP) is 1.81. The van der Waals surface area contributed by atoms with Gasteiger partial charge in [0.25, 0.3) is 5.56 Å². The second-order valence-corrected chi connectivity index (χ2v) is 8.78. The normalized spacial score (nSPS) is 13.2. The molecule has 0 atom stereocenters. The van der Waals surface area contributed by atoms with Gasteiger partial charge in [0, 0.05) is 11.9 Å². The average molecular weight is 423 g/mol. The fourth-order valence-corrected chi connectivity index (χ4v) is 5.27. The van der Waals surface area contributed by atoms with Crippen molar-refractivity contribution in [3.05, 3.63) is 37.2 Å². The Morgan fingerprint density at radius 3 is 3.07 bits per heavy atom. The molecule has 1 aliphatic carbocycles. The molecule has 0 bridgehead atoms. The molecule has 1 aliphatic rings. The lowest BCUT2D eigenvalue weighted by Gasteiger charge is -2.05. The van der Waals surface area contributed by atoms with Crippen molar-refractivity contribution in [1.82, 2.24) is 30.0 Å². The maximum absolute atomic E-state index is 12.4. The molecule has 142 valence electrons. The molecule has 0 aliphatic heterocycles. The minimum Gasteiger partial charge on any atom is -0.348 e. The highest BCUT2D eigenvalue weighted by atomic mass is 32.2. The number of aryl methyl sites for hydroxylation is 2. The molecule has 0 saturated heterocycles. The van der Waals surface area contributed by atoms with Crippen LogP contribution in [0.25, 0.3) is 10.2 Å². The fraction of sp³-hybridized carbons (Fsp3) is 0.438. The molecule has 4 rings (SSSR count). The molecule has 0 aromatic carbocycles. The maximum atomic E-state index is 12.4. The van der Waals surface area contributed by atoms with Crippen LogP contribution in [0.3, 0.4) is 0 Å². The minimum absolute atomic E-state index is 0.0646. The molecular formula is C16H18N6O2S3. The van der Waals surface area contributed by atoms with Gasteiger partial charge in [0.1, 0.15) is 10.7 Å². The van der Waals surface area contributed by atoms with Crippen LogP contribution in [0.2, 0.25) is 0 Å². The van der Waals surface area contributed by atoms with E-state index in [1.807, 2.05) is 0 Å². The Labute approximate surface area is 167 Å². The van der Waals surface area contributed by atoms with E-state index < -0.39 is 0 Å². The van der Waals surface area contributed by atoms with Crippen molar-refractivity contribution in [3.8, 4) is 0 Å². The van der Waals surface area contributed by atoms with Crippen LogP contribution in [0, 0.1) is 4.77 Å². The van der Waals surface area contributed by atoms with Gasteiger partial charge in [0.15, 0.2) is 10.6 Å². The van der Waals surface area contributed by atoms with Gasteiger partial charge in [-0.1, -0.05) is 0 Å². The van der Waals surface area contributed by atoms with Crippen molar-refractivity contribution in [2.45, 2.75) is 31.6 Å². The van der Waals surface area contributed by atoms with Crippen LogP contribution in [-0.4, -0.2) is 36.4 Å². The average Bonchev–Trinajstić information content (AvgIpc) is 3.29. The second-order valence-electron chi connectivity index (χ2n) is 6.32. The molecule has 3 aromatic rings. The summed E-state index contributed by atoms with van der Waals surface area (Å²) in [5.41, 5.74) is 1.11. The summed E-state index contributed by atoms with van der Waals surface area (Å²) in [5, 5.41) is 10.3. The lowest BCUT2D eigenvalue weighted by molar-refractivity contribution is -0.118. The van der Waals surface area contributed by atoms with E-state index in [2.05, 4.69) is 25.5 Å². The molecule has 0 fully saturated rings. The van der Waals surface area contributed by atoms with E-state index in [0.717, 1.165) is 29.5 Å². The zero-order valence-corrected chi connectivity index (χ0v) is 17.1. The van der Waals surface area contributed by atoms with E-state index in [0.29, 0.717) is 28.7 Å². The summed E-state index contributed by atoms with van der Waals surface area (Å²) >= 11 is 8.07. The van der Waals surface area contributed by atoms with Crippen LogP contribution in [0.5, 0.6) is 0 Å². The third-order valence-corrected chi connectivity index (χ3v) is 7.01. The Balaban J connectivity index is 1.33. The zero-order valence-electron chi connectivity index (χ0n) is 14.6. The number of hydrogen-bond donors (Lipinski definition) is 3. The van der Waals surface area contributed by atoms with Gasteiger partial charge in [-0.05, 0) is 37.0 Å². The molecule has 0 unspecified atom stereocenters. The fourth-order valence-electron chi connectivity index (χ4n) is 3.12. The van der Waals surface area contributed by atoms with Crippen molar-refractivity contribution in [3.63, 3.8) is 0 Å². The van der Waals surface area contributed by atoms with Gasteiger partial charge >= 0.3 is 0 Å². The monoisotopic (exact) mass is 422 g/mol. The number of aromatic nitrogens is 5. The number of amides is 1. The van der Waals surface area contributed by atoms with Crippen LogP contribution in [0.15, 0.2) is 4.79 Å². The minimum atomic E-state index is -0.104. The molecule has 3 aromatic heterocycles. The van der Waals surface area contributed by atoms with Gasteiger partial charge in [0.2, 0.25) is 5.91 Å². The van der Waals surface area contributed by atoms with Gasteiger partial charge in [-0.3, -0.25) is 14.7 Å². The van der Waals surface area contributed by atoms with Crippen molar-refractivity contribution < 1.29 is 4.79 Å². The molecule has 11 heteroatoms. The number of thiophene rings is 1. The molecule has 0 spiro atoms. The van der Waals surface area contributed by atoms with Gasteiger partial charge in [-0.2, -0.15) is 5.10 Å². The summed E-state index contributed by atoms with van der Waals surface area (Å²) < 4.78 is 2.23. The summed E-state index contributed by atoms with van der Waals surface area (Å²) in [5.74, 6) is 1.93. The number of carbonyl (C=O) groups excluding carboxylic acids is 1. The molecular weight excluding hydrogens is 404 g/mol. The number of rotatable bonds is 6. The SMILES string of the molecule is Cn1c(CNC(=O)CSCc2nc3sc4c(c3c(=O)[nH]2)CCC4)n[nH]c1=S. The Morgan fingerprint density at radius 2 is 2.30 bits per heavy atom. The number of H-pyrrole nitrogens is 2. The highest BCUT2D eigenvalue weighted by Crippen LogP contribution is 2.34. The first-order valence-corrected chi connectivity index (χ1v) is 10.9. The van der Waals surface area contributed by atoms with Gasteiger partial charge in [-0.25, -0.2) is 4.98 Å². The number of aromatic amines is 2. The number of carbonyl (C=O) groups is 1. The third kappa shape index (κ3) is 3.71. The molecule has 0 radical (unpaired) electrons. The highest BCUT2D eigenvalue weighted by molar-refractivity contribution is 7.99. The maximum Gasteiger partial charge on any atom is 0.259 e. The molecule has 8 nitrogen and oxygen atoms in total. The van der Waals surface area contributed by atoms with E-state index in [9.17, 15) is 9.59 Å². The number of nitrogens with zero attached hydrogens (tertiary/aromatic N) is 3. The van der Waals surface area contributed by atoms with E-state index >= 15 is 0 Å². The summed E-state index contributed by atoms with van der Waals surface area (Å²) in [7, 11) is 1.79. The van der Waals surface area contributed by atoms with E-state index in [4.69, 9.17) is 12.2 Å². The topological polar surface area (TPSA) is 108 Å². The van der Waals surface area contributed by atoms with E-state index in [1.165, 1.54) is 22.2 Å². The predicted molar refractivity (Wildman–Crippen MR) is 109 cm³/mol. The van der Waals surface area contributed by atoms with Crippen LogP contribution in [-0.2, 0) is 37.0 Å². The zero-order chi connectivity index (χ0) is 19.0. The summed E-state index contributed by atoms with van der Waals surface area (Å²) in [4.78, 5) is 34.0. The summed E-state index contributed by atoms with van der Waals surface area (Å²) in [6.45, 7) is 0.310. The lowest BCUT2D eigenvalue weighted by atomic mass is 10.2.